The molecule has 0 unspecified atom stereocenters. The van der Waals surface area contributed by atoms with E-state index in [-0.39, 0.29) is 5.56 Å². The molecule has 0 aliphatic heterocycles. The van der Waals surface area contributed by atoms with E-state index in [4.69, 9.17) is 9.59 Å². The lowest BCUT2D eigenvalue weighted by Crippen LogP contribution is -2.19. The summed E-state index contributed by atoms with van der Waals surface area (Å²) in [5.74, 6) is -0.981. The van der Waals surface area contributed by atoms with E-state index in [2.05, 4.69) is 61.8 Å². The minimum atomic E-state index is -0.491. The molecule has 2 aromatic carbocycles. The van der Waals surface area contributed by atoms with Gasteiger partial charge < -0.3 is 19.1 Å². The van der Waals surface area contributed by atoms with Gasteiger partial charge in [-0.15, -0.1) is 0 Å². The van der Waals surface area contributed by atoms with Crippen molar-refractivity contribution in [2.45, 2.75) is 47.5 Å². The van der Waals surface area contributed by atoms with Crippen molar-refractivity contribution in [2.24, 2.45) is 7.05 Å². The van der Waals surface area contributed by atoms with Gasteiger partial charge in [0.15, 0.2) is 0 Å². The van der Waals surface area contributed by atoms with Crippen LogP contribution in [-0.4, -0.2) is 31.7 Å². The second-order valence-corrected chi connectivity index (χ2v) is 6.54. The number of carbonyl (C=O) groups is 2. The zero-order valence-corrected chi connectivity index (χ0v) is 20.5. The fraction of sp³-hybridized carbons (Fsp3) is 0.385. The maximum atomic E-state index is 12.3. The normalized spacial score (nSPS) is 9.03. The van der Waals surface area contributed by atoms with Crippen LogP contribution in [0.15, 0.2) is 42.6 Å². The third-order valence-electron chi connectivity index (χ3n) is 4.68. The van der Waals surface area contributed by atoms with E-state index >= 15 is 0 Å². The Morgan fingerprint density at radius 2 is 1.47 bits per heavy atom. The summed E-state index contributed by atoms with van der Waals surface area (Å²) in [5, 5.41) is 1.40. The van der Waals surface area contributed by atoms with Crippen molar-refractivity contribution >= 4 is 30.2 Å². The van der Waals surface area contributed by atoms with Crippen LogP contribution in [0.4, 0.5) is 14.5 Å². The highest BCUT2D eigenvalue weighted by Crippen LogP contribution is 2.29. The van der Waals surface area contributed by atoms with Gasteiger partial charge >= 0.3 is 0 Å². The van der Waals surface area contributed by atoms with Gasteiger partial charge in [0.1, 0.15) is 25.2 Å². The predicted octanol–water partition coefficient (Wildman–Crippen LogP) is 6.52. The smallest absolute Gasteiger partial charge is 0.129 e. The summed E-state index contributed by atoms with van der Waals surface area (Å²) < 4.78 is 26.9. The summed E-state index contributed by atoms with van der Waals surface area (Å²) in [6, 6.07) is 10.5. The van der Waals surface area contributed by atoms with Crippen LogP contribution in [0.5, 0.6) is 0 Å². The minimum Gasteiger partial charge on any atom is -0.374 e. The van der Waals surface area contributed by atoms with E-state index in [9.17, 15) is 8.78 Å². The zero-order valence-electron chi connectivity index (χ0n) is 20.5. The molecule has 178 valence electrons. The molecule has 0 N–H and O–H groups in total. The molecule has 1 heterocycles. The molecule has 32 heavy (non-hydrogen) atoms. The van der Waals surface area contributed by atoms with Gasteiger partial charge in [0.25, 0.3) is 0 Å². The number of hydrogen-bond donors (Lipinski definition) is 0. The molecule has 0 radical (unpaired) electrons. The minimum absolute atomic E-state index is 0.0810. The number of fused-ring (bicyclic) bond motifs is 1. The number of rotatable bonds is 4. The van der Waals surface area contributed by atoms with Crippen molar-refractivity contribution in [1.82, 2.24) is 4.57 Å². The molecular weight excluding hydrogens is 410 g/mol. The molecule has 0 spiro atoms. The first kappa shape index (κ1) is 31.2. The van der Waals surface area contributed by atoms with Gasteiger partial charge in [0.2, 0.25) is 0 Å². The molecule has 0 fully saturated rings. The highest BCUT2D eigenvalue weighted by Gasteiger charge is 2.10. The first-order valence-corrected chi connectivity index (χ1v) is 10.7. The van der Waals surface area contributed by atoms with E-state index in [0.29, 0.717) is 0 Å². The molecule has 0 saturated heterocycles. The molecule has 0 amide bonds. The number of hydrogen-bond acceptors (Lipinski definition) is 3. The van der Waals surface area contributed by atoms with Crippen LogP contribution in [0, 0.1) is 18.6 Å². The third kappa shape index (κ3) is 8.61. The second-order valence-electron chi connectivity index (χ2n) is 6.54. The molecule has 3 rings (SSSR count). The molecule has 1 aromatic heterocycles. The first-order valence-electron chi connectivity index (χ1n) is 10.7. The molecule has 0 aliphatic rings. The maximum Gasteiger partial charge on any atom is 0.129 e. The number of carbonyl (C=O) groups excluding carboxylic acids is 2. The number of nitrogens with zero attached hydrogens (tertiary/aromatic N) is 2. The van der Waals surface area contributed by atoms with Crippen LogP contribution in [0.2, 0.25) is 0 Å². The van der Waals surface area contributed by atoms with Crippen molar-refractivity contribution in [2.75, 3.05) is 18.5 Å². The first-order chi connectivity index (χ1) is 15.4. The van der Waals surface area contributed by atoms with Crippen LogP contribution in [0.25, 0.3) is 10.9 Å². The topological polar surface area (TPSA) is 42.3 Å². The number of aryl methyl sites for hydroxylation is 2. The lowest BCUT2D eigenvalue weighted by atomic mass is 10.0. The Bertz CT molecular complexity index is 888. The van der Waals surface area contributed by atoms with Gasteiger partial charge in [0, 0.05) is 49.0 Å². The maximum absolute atomic E-state index is 12.3. The lowest BCUT2D eigenvalue weighted by molar-refractivity contribution is -0.0987. The zero-order chi connectivity index (χ0) is 25.3. The van der Waals surface area contributed by atoms with Crippen LogP contribution < -0.4 is 4.90 Å². The van der Waals surface area contributed by atoms with E-state index in [1.165, 1.54) is 53.7 Å². The van der Waals surface area contributed by atoms with E-state index < -0.39 is 11.6 Å². The molecule has 0 saturated carbocycles. The quantitative estimate of drug-likeness (QED) is 0.456. The highest BCUT2D eigenvalue weighted by molar-refractivity contribution is 5.88. The standard InChI is InChI=1S/C15H22N2.C7H6F2.C2H6.2CH2O/c1-5-10-16(3)14-7-8-15-13(12(14)6-2)9-11-17(15)4;1-5-6(8)3-2-4-7(5)9;3*1-2/h7-9,11H,5-6,10H2,1-4H3;2-4H,1H3;1-2H3;2*1H2. The summed E-state index contributed by atoms with van der Waals surface area (Å²) in [7, 11) is 4.30. The Morgan fingerprint density at radius 3 is 1.91 bits per heavy atom. The second kappa shape index (κ2) is 17.6. The van der Waals surface area contributed by atoms with Crippen molar-refractivity contribution < 1.29 is 18.4 Å². The monoisotopic (exact) mass is 448 g/mol. The van der Waals surface area contributed by atoms with Crippen LogP contribution >= 0.6 is 0 Å². The number of anilines is 1. The molecule has 0 atom stereocenters. The summed E-state index contributed by atoms with van der Waals surface area (Å²) in [6.45, 7) is 15.0. The molecule has 0 aliphatic carbocycles. The summed E-state index contributed by atoms with van der Waals surface area (Å²) >= 11 is 0. The predicted molar refractivity (Wildman–Crippen MR) is 133 cm³/mol. The molecular formula is C26H38F2N2O2. The average molecular weight is 449 g/mol. The van der Waals surface area contributed by atoms with Gasteiger partial charge in [-0.25, -0.2) is 8.78 Å². The summed E-state index contributed by atoms with van der Waals surface area (Å²) in [4.78, 5) is 18.4. The van der Waals surface area contributed by atoms with Crippen LogP contribution in [0.1, 0.15) is 45.2 Å². The number of aromatic nitrogens is 1. The van der Waals surface area contributed by atoms with E-state index in [0.717, 1.165) is 13.0 Å². The van der Waals surface area contributed by atoms with Crippen molar-refractivity contribution in [3.8, 4) is 0 Å². The van der Waals surface area contributed by atoms with Crippen LogP contribution in [-0.2, 0) is 23.1 Å². The Morgan fingerprint density at radius 1 is 0.938 bits per heavy atom. The Balaban J connectivity index is 0. The Kier molecular flexibility index (Phi) is 17.2. The van der Waals surface area contributed by atoms with Gasteiger partial charge in [-0.2, -0.15) is 0 Å². The van der Waals surface area contributed by atoms with Gasteiger partial charge in [-0.1, -0.05) is 33.8 Å². The van der Waals surface area contributed by atoms with Gasteiger partial charge in [0.05, 0.1) is 0 Å². The third-order valence-corrected chi connectivity index (χ3v) is 4.68. The van der Waals surface area contributed by atoms with Gasteiger partial charge in [-0.3, -0.25) is 0 Å². The molecule has 3 aromatic rings. The fourth-order valence-electron chi connectivity index (χ4n) is 3.17. The SMILES string of the molecule is C=O.C=O.CC.CCCN(C)c1ccc2c(ccn2C)c1CC.Cc1c(F)cccc1F. The van der Waals surface area contributed by atoms with Crippen LogP contribution in [0.3, 0.4) is 0 Å². The van der Waals surface area contributed by atoms with Gasteiger partial charge in [-0.05, 0) is 55.7 Å². The largest absolute Gasteiger partial charge is 0.374 e. The molecule has 6 heteroatoms. The van der Waals surface area contributed by atoms with E-state index in [1.54, 1.807) is 0 Å². The van der Waals surface area contributed by atoms with Crippen molar-refractivity contribution in [1.29, 1.82) is 0 Å². The summed E-state index contributed by atoms with van der Waals surface area (Å²) in [6.07, 6.45) is 4.42. The molecule has 0 bridgehead atoms. The fourth-order valence-corrected chi connectivity index (χ4v) is 3.17. The number of halogens is 2. The lowest BCUT2D eigenvalue weighted by Gasteiger charge is -2.22. The Labute approximate surface area is 191 Å². The highest BCUT2D eigenvalue weighted by atomic mass is 19.1. The number of benzene rings is 2. The summed E-state index contributed by atoms with van der Waals surface area (Å²) in [5.41, 5.74) is 4.26. The Hall–Kier alpha value is -3.02. The molecule has 4 nitrogen and oxygen atoms in total. The van der Waals surface area contributed by atoms with Crippen molar-refractivity contribution in [3.05, 3.63) is 65.4 Å². The average Bonchev–Trinajstić information content (AvgIpc) is 3.22. The van der Waals surface area contributed by atoms with Crippen molar-refractivity contribution in [3.63, 3.8) is 0 Å². The van der Waals surface area contributed by atoms with E-state index in [1.807, 2.05) is 27.4 Å².